The van der Waals surface area contributed by atoms with Crippen LogP contribution in [0.3, 0.4) is 0 Å². The Bertz CT molecular complexity index is 884. The van der Waals surface area contributed by atoms with Gasteiger partial charge in [-0.15, -0.1) is 0 Å². The molecule has 1 aliphatic heterocycles. The van der Waals surface area contributed by atoms with Crippen molar-refractivity contribution in [3.05, 3.63) is 77.3 Å². The molecule has 0 fully saturated rings. The first kappa shape index (κ1) is 15.4. The second-order valence-corrected chi connectivity index (χ2v) is 6.61. The summed E-state index contributed by atoms with van der Waals surface area (Å²) in [6, 6.07) is 18.9. The summed E-state index contributed by atoms with van der Waals surface area (Å²) in [5.41, 5.74) is 4.47. The van der Waals surface area contributed by atoms with Crippen molar-refractivity contribution in [3.8, 4) is 11.3 Å². The van der Waals surface area contributed by atoms with E-state index in [2.05, 4.69) is 41.7 Å². The van der Waals surface area contributed by atoms with Gasteiger partial charge >= 0.3 is 0 Å². The fourth-order valence-electron chi connectivity index (χ4n) is 3.24. The van der Waals surface area contributed by atoms with Crippen LogP contribution in [0, 0.1) is 0 Å². The van der Waals surface area contributed by atoms with Crippen LogP contribution in [0.1, 0.15) is 12.0 Å². The van der Waals surface area contributed by atoms with Crippen LogP contribution >= 0.6 is 11.6 Å². The number of halogens is 1. The molecule has 0 amide bonds. The first-order chi connectivity index (χ1) is 11.8. The first-order valence-corrected chi connectivity index (χ1v) is 8.72. The Balaban J connectivity index is 1.79. The highest BCUT2D eigenvalue weighted by molar-refractivity contribution is 6.30. The average molecular weight is 335 g/mol. The molecule has 0 unspecified atom stereocenters. The summed E-state index contributed by atoms with van der Waals surface area (Å²) < 4.78 is 0. The molecular formula is C21H19ClN2. The molecule has 0 bridgehead atoms. The molecule has 2 heterocycles. The lowest BCUT2D eigenvalue weighted by molar-refractivity contribution is 0.574. The van der Waals surface area contributed by atoms with Gasteiger partial charge in [-0.2, -0.15) is 0 Å². The van der Waals surface area contributed by atoms with Crippen molar-refractivity contribution in [3.63, 3.8) is 0 Å². The maximum absolute atomic E-state index is 6.02. The highest BCUT2D eigenvalue weighted by atomic mass is 35.5. The minimum atomic E-state index is 0.391. The fourth-order valence-corrected chi connectivity index (χ4v) is 3.37. The topological polar surface area (TPSA) is 24.9 Å². The summed E-state index contributed by atoms with van der Waals surface area (Å²) in [7, 11) is 0. The minimum Gasteiger partial charge on any atom is -0.310 e. The lowest BCUT2D eigenvalue weighted by atomic mass is 9.97. The molecule has 120 valence electrons. The zero-order valence-corrected chi connectivity index (χ0v) is 14.1. The van der Waals surface area contributed by atoms with Gasteiger partial charge in [0, 0.05) is 22.0 Å². The molecule has 3 heteroatoms. The molecule has 0 saturated heterocycles. The summed E-state index contributed by atoms with van der Waals surface area (Å²) in [5.74, 6) is 0. The third-order valence-electron chi connectivity index (χ3n) is 4.47. The molecule has 3 aromatic rings. The molecule has 1 aromatic heterocycles. The predicted octanol–water partition coefficient (Wildman–Crippen LogP) is 5.02. The highest BCUT2D eigenvalue weighted by Gasteiger charge is 2.13. The van der Waals surface area contributed by atoms with Gasteiger partial charge in [-0.3, -0.25) is 0 Å². The Morgan fingerprint density at radius 3 is 2.71 bits per heavy atom. The van der Waals surface area contributed by atoms with E-state index in [1.165, 1.54) is 10.9 Å². The van der Waals surface area contributed by atoms with E-state index in [-0.39, 0.29) is 0 Å². The number of fused-ring (bicyclic) bond motifs is 1. The minimum absolute atomic E-state index is 0.391. The summed E-state index contributed by atoms with van der Waals surface area (Å²) in [5, 5.41) is 5.55. The van der Waals surface area contributed by atoms with Crippen molar-refractivity contribution in [2.75, 3.05) is 6.54 Å². The molecule has 4 rings (SSSR count). The monoisotopic (exact) mass is 334 g/mol. The van der Waals surface area contributed by atoms with Crippen molar-refractivity contribution in [1.29, 1.82) is 0 Å². The third-order valence-corrected chi connectivity index (χ3v) is 4.72. The number of hydrogen-bond acceptors (Lipinski definition) is 2. The first-order valence-electron chi connectivity index (χ1n) is 8.34. The lowest BCUT2D eigenvalue weighted by Crippen LogP contribution is -2.32. The molecule has 0 saturated carbocycles. The van der Waals surface area contributed by atoms with Crippen molar-refractivity contribution in [2.45, 2.75) is 18.9 Å². The quantitative estimate of drug-likeness (QED) is 0.680. The highest BCUT2D eigenvalue weighted by Crippen LogP contribution is 2.27. The predicted molar refractivity (Wildman–Crippen MR) is 101 cm³/mol. The number of nitrogens with one attached hydrogen (secondary N) is 1. The number of rotatable bonds is 3. The summed E-state index contributed by atoms with van der Waals surface area (Å²) in [6.07, 6.45) is 6.63. The molecule has 1 atom stereocenters. The van der Waals surface area contributed by atoms with Gasteiger partial charge in [0.2, 0.25) is 0 Å². The second-order valence-electron chi connectivity index (χ2n) is 6.17. The van der Waals surface area contributed by atoms with Crippen LogP contribution in [-0.2, 0) is 6.42 Å². The molecule has 0 radical (unpaired) electrons. The third kappa shape index (κ3) is 3.21. The normalized spacial score (nSPS) is 17.3. The van der Waals surface area contributed by atoms with Crippen LogP contribution in [0.15, 0.2) is 66.7 Å². The van der Waals surface area contributed by atoms with Gasteiger partial charge in [0.05, 0.1) is 11.2 Å². The number of benzene rings is 2. The van der Waals surface area contributed by atoms with Crippen LogP contribution in [0.5, 0.6) is 0 Å². The largest absolute Gasteiger partial charge is 0.310 e. The molecule has 0 aliphatic carbocycles. The van der Waals surface area contributed by atoms with Crippen molar-refractivity contribution in [1.82, 2.24) is 10.3 Å². The van der Waals surface area contributed by atoms with Crippen LogP contribution in [0.2, 0.25) is 5.02 Å². The zero-order chi connectivity index (χ0) is 16.4. The Labute approximate surface area is 147 Å². The van der Waals surface area contributed by atoms with E-state index in [1.807, 2.05) is 30.3 Å². The standard InChI is InChI=1S/C21H19ClN2/c22-17-10-8-15(9-11-17)21-14-16(13-18-5-3-4-12-23-18)19-6-1-2-7-20(19)24-21/h1-3,5-11,14,18,23H,4,12-13H2/t18-/m1/s1. The lowest BCUT2D eigenvalue weighted by Gasteiger charge is -2.20. The van der Waals surface area contributed by atoms with Crippen LogP contribution in [-0.4, -0.2) is 17.6 Å². The maximum atomic E-state index is 6.02. The summed E-state index contributed by atoms with van der Waals surface area (Å²) in [4.78, 5) is 4.85. The Morgan fingerprint density at radius 2 is 1.92 bits per heavy atom. The van der Waals surface area contributed by atoms with Gasteiger partial charge in [0.25, 0.3) is 0 Å². The number of nitrogens with zero attached hydrogens (tertiary/aromatic N) is 1. The Morgan fingerprint density at radius 1 is 1.08 bits per heavy atom. The van der Waals surface area contributed by atoms with Gasteiger partial charge in [-0.05, 0) is 49.2 Å². The Kier molecular flexibility index (Phi) is 4.33. The van der Waals surface area contributed by atoms with Gasteiger partial charge in [0.15, 0.2) is 0 Å². The van der Waals surface area contributed by atoms with E-state index in [0.29, 0.717) is 6.04 Å². The smallest absolute Gasteiger partial charge is 0.0712 e. The molecule has 1 aliphatic rings. The van der Waals surface area contributed by atoms with E-state index in [0.717, 1.165) is 41.2 Å². The van der Waals surface area contributed by atoms with Gasteiger partial charge in [-0.25, -0.2) is 4.98 Å². The van der Waals surface area contributed by atoms with E-state index in [9.17, 15) is 0 Å². The van der Waals surface area contributed by atoms with E-state index < -0.39 is 0 Å². The fraction of sp³-hybridized carbons (Fsp3) is 0.190. The van der Waals surface area contributed by atoms with Gasteiger partial charge in [-0.1, -0.05) is 54.1 Å². The Hall–Kier alpha value is -2.16. The van der Waals surface area contributed by atoms with Crippen LogP contribution in [0.4, 0.5) is 0 Å². The molecule has 1 N–H and O–H groups in total. The molecule has 2 aromatic carbocycles. The van der Waals surface area contributed by atoms with Crippen LogP contribution < -0.4 is 5.32 Å². The van der Waals surface area contributed by atoms with Gasteiger partial charge < -0.3 is 5.32 Å². The van der Waals surface area contributed by atoms with Crippen LogP contribution in [0.25, 0.3) is 22.2 Å². The number of para-hydroxylation sites is 1. The SMILES string of the molecule is Clc1ccc(-c2cc(C[C@H]3C=CCCN3)c3ccccc3n2)cc1. The van der Waals surface area contributed by atoms with Gasteiger partial charge in [0.1, 0.15) is 0 Å². The van der Waals surface area contributed by atoms with E-state index in [4.69, 9.17) is 16.6 Å². The summed E-state index contributed by atoms with van der Waals surface area (Å²) >= 11 is 6.02. The second kappa shape index (κ2) is 6.76. The molecule has 2 nitrogen and oxygen atoms in total. The average Bonchev–Trinajstić information content (AvgIpc) is 2.63. The van der Waals surface area contributed by atoms with E-state index >= 15 is 0 Å². The van der Waals surface area contributed by atoms with Crippen molar-refractivity contribution in [2.24, 2.45) is 0 Å². The maximum Gasteiger partial charge on any atom is 0.0712 e. The van der Waals surface area contributed by atoms with E-state index in [1.54, 1.807) is 0 Å². The number of pyridine rings is 1. The zero-order valence-electron chi connectivity index (χ0n) is 13.4. The van der Waals surface area contributed by atoms with Crippen molar-refractivity contribution < 1.29 is 0 Å². The molecule has 0 spiro atoms. The van der Waals surface area contributed by atoms with Crippen molar-refractivity contribution >= 4 is 22.5 Å². The number of aromatic nitrogens is 1. The molecular weight excluding hydrogens is 316 g/mol. The summed E-state index contributed by atoms with van der Waals surface area (Å²) in [6.45, 7) is 1.05. The number of hydrogen-bond donors (Lipinski definition) is 1. The molecule has 24 heavy (non-hydrogen) atoms.